The van der Waals surface area contributed by atoms with Crippen LogP contribution in [0.5, 0.6) is 0 Å². The molecule has 3 rings (SSSR count). The number of benzene rings is 1. The second-order valence-corrected chi connectivity index (χ2v) is 7.53. The minimum atomic E-state index is 0.383. The highest BCUT2D eigenvalue weighted by atomic mass is 32.2. The first-order chi connectivity index (χ1) is 13.2. The number of hydrogen-bond donors (Lipinski definition) is 1. The molecule has 5 nitrogen and oxygen atoms in total. The van der Waals surface area contributed by atoms with Gasteiger partial charge >= 0.3 is 0 Å². The van der Waals surface area contributed by atoms with Gasteiger partial charge < -0.3 is 9.30 Å². The van der Waals surface area contributed by atoms with Crippen molar-refractivity contribution in [1.29, 1.82) is 0 Å². The van der Waals surface area contributed by atoms with E-state index >= 15 is 0 Å². The van der Waals surface area contributed by atoms with Crippen molar-refractivity contribution in [3.63, 3.8) is 0 Å². The smallest absolute Gasteiger partial charge is 0.107 e. The van der Waals surface area contributed by atoms with Crippen LogP contribution in [0, 0.1) is 6.92 Å². The lowest BCUT2D eigenvalue weighted by atomic mass is 10.2. The van der Waals surface area contributed by atoms with Crippen LogP contribution in [0.25, 0.3) is 11.0 Å². The molecule has 1 atom stereocenters. The molecule has 3 aromatic rings. The number of rotatable bonds is 10. The van der Waals surface area contributed by atoms with Gasteiger partial charge in [-0.25, -0.2) is 4.98 Å². The molecular weight excluding hydrogens is 356 g/mol. The maximum Gasteiger partial charge on any atom is 0.107 e. The zero-order valence-corrected chi connectivity index (χ0v) is 17.1. The predicted octanol–water partition coefficient (Wildman–Crippen LogP) is 4.59. The first-order valence-electron chi connectivity index (χ1n) is 9.57. The summed E-state index contributed by atoms with van der Waals surface area (Å²) in [6, 6.07) is 11.1. The number of ether oxygens (including phenoxy) is 1. The zero-order chi connectivity index (χ0) is 19.1. The molecule has 0 saturated heterocycles. The maximum absolute atomic E-state index is 5.57. The summed E-state index contributed by atoms with van der Waals surface area (Å²) in [7, 11) is 0. The zero-order valence-electron chi connectivity index (χ0n) is 16.3. The van der Waals surface area contributed by atoms with Crippen molar-refractivity contribution in [2.24, 2.45) is 0 Å². The Bertz CT molecular complexity index is 847. The molecule has 144 valence electrons. The van der Waals surface area contributed by atoms with Crippen LogP contribution in [-0.2, 0) is 11.3 Å². The van der Waals surface area contributed by atoms with E-state index in [-0.39, 0.29) is 0 Å². The summed E-state index contributed by atoms with van der Waals surface area (Å²) >= 11 is 1.68. The van der Waals surface area contributed by atoms with Crippen LogP contribution in [-0.4, -0.2) is 33.8 Å². The first-order valence-corrected chi connectivity index (χ1v) is 10.4. The molecule has 0 aliphatic rings. The lowest BCUT2D eigenvalue weighted by molar-refractivity contribution is 0.127. The number of aromatic nitrogens is 3. The van der Waals surface area contributed by atoms with Crippen molar-refractivity contribution in [1.82, 2.24) is 19.3 Å². The summed E-state index contributed by atoms with van der Waals surface area (Å²) in [6.45, 7) is 8.62. The summed E-state index contributed by atoms with van der Waals surface area (Å²) in [5.74, 6) is 1.01. The van der Waals surface area contributed by atoms with Gasteiger partial charge in [-0.2, -0.15) is 0 Å². The van der Waals surface area contributed by atoms with Gasteiger partial charge in [-0.3, -0.25) is 9.71 Å². The molecule has 0 spiro atoms. The Morgan fingerprint density at radius 1 is 1.19 bits per heavy atom. The van der Waals surface area contributed by atoms with Crippen molar-refractivity contribution in [2.75, 3.05) is 13.2 Å². The molecule has 0 radical (unpaired) electrons. The Balaban J connectivity index is 1.62. The van der Waals surface area contributed by atoms with Crippen molar-refractivity contribution in [3.05, 3.63) is 54.1 Å². The third kappa shape index (κ3) is 5.31. The van der Waals surface area contributed by atoms with E-state index in [2.05, 4.69) is 50.4 Å². The highest BCUT2D eigenvalue weighted by Crippen LogP contribution is 2.20. The van der Waals surface area contributed by atoms with Crippen LogP contribution in [0.1, 0.15) is 38.1 Å². The lowest BCUT2D eigenvalue weighted by Crippen LogP contribution is -2.28. The second-order valence-electron chi connectivity index (χ2n) is 6.62. The fourth-order valence-corrected chi connectivity index (χ4v) is 3.84. The first kappa shape index (κ1) is 19.9. The van der Waals surface area contributed by atoms with Gasteiger partial charge in [0.05, 0.1) is 18.3 Å². The Morgan fingerprint density at radius 2 is 2.00 bits per heavy atom. The number of fused-ring (bicyclic) bond motifs is 1. The van der Waals surface area contributed by atoms with Crippen LogP contribution in [0.4, 0.5) is 0 Å². The molecular formula is C21H28N4OS. The van der Waals surface area contributed by atoms with Crippen molar-refractivity contribution in [3.8, 4) is 0 Å². The summed E-state index contributed by atoms with van der Waals surface area (Å²) in [4.78, 5) is 9.97. The monoisotopic (exact) mass is 384 g/mol. The standard InChI is InChI=1S/C21H28N4OS/c1-4-6-18(15-26-5-2)24-27-19-9-7-17(8-10-19)14-25-16(3)23-20-13-22-12-11-21(20)25/h7-13,18,24H,4-6,14-15H2,1-3H3. The molecule has 0 saturated carbocycles. The molecule has 0 aliphatic carbocycles. The van der Waals surface area contributed by atoms with Gasteiger partial charge in [-0.15, -0.1) is 0 Å². The fourth-order valence-electron chi connectivity index (χ4n) is 3.08. The number of nitrogens with one attached hydrogen (secondary N) is 1. The predicted molar refractivity (Wildman–Crippen MR) is 112 cm³/mol. The summed E-state index contributed by atoms with van der Waals surface area (Å²) in [6.07, 6.45) is 5.91. The van der Waals surface area contributed by atoms with E-state index in [1.165, 1.54) is 10.5 Å². The van der Waals surface area contributed by atoms with E-state index in [0.717, 1.165) is 49.5 Å². The second kappa shape index (κ2) is 9.88. The molecule has 0 aliphatic heterocycles. The normalized spacial score (nSPS) is 12.6. The summed E-state index contributed by atoms with van der Waals surface area (Å²) in [5.41, 5.74) is 3.33. The molecule has 1 N–H and O–H groups in total. The highest BCUT2D eigenvalue weighted by molar-refractivity contribution is 7.97. The molecule has 2 heterocycles. The van der Waals surface area contributed by atoms with E-state index in [4.69, 9.17) is 4.74 Å². The van der Waals surface area contributed by atoms with E-state index in [0.29, 0.717) is 6.04 Å². The number of imidazole rings is 1. The third-order valence-electron chi connectivity index (χ3n) is 4.51. The van der Waals surface area contributed by atoms with Crippen LogP contribution < -0.4 is 4.72 Å². The van der Waals surface area contributed by atoms with Crippen LogP contribution in [0.3, 0.4) is 0 Å². The summed E-state index contributed by atoms with van der Waals surface area (Å²) < 4.78 is 11.3. The van der Waals surface area contributed by atoms with Gasteiger partial charge in [0.15, 0.2) is 0 Å². The highest BCUT2D eigenvalue weighted by Gasteiger charge is 2.09. The quantitative estimate of drug-likeness (QED) is 0.518. The Labute approximate surface area is 165 Å². The molecule has 0 amide bonds. The Kier molecular flexibility index (Phi) is 7.26. The number of aryl methyl sites for hydroxylation is 1. The van der Waals surface area contributed by atoms with Gasteiger partial charge in [0.2, 0.25) is 0 Å². The molecule has 2 aromatic heterocycles. The fraction of sp³-hybridized carbons (Fsp3) is 0.429. The Morgan fingerprint density at radius 3 is 2.74 bits per heavy atom. The molecule has 6 heteroatoms. The summed E-state index contributed by atoms with van der Waals surface area (Å²) in [5, 5.41) is 0. The Hall–Kier alpha value is -1.89. The van der Waals surface area contributed by atoms with Gasteiger partial charge in [-0.1, -0.05) is 25.5 Å². The minimum absolute atomic E-state index is 0.383. The van der Waals surface area contributed by atoms with Gasteiger partial charge in [0.1, 0.15) is 11.3 Å². The average Bonchev–Trinajstić information content (AvgIpc) is 3.00. The largest absolute Gasteiger partial charge is 0.380 e. The van der Waals surface area contributed by atoms with Crippen molar-refractivity contribution >= 4 is 23.0 Å². The molecule has 27 heavy (non-hydrogen) atoms. The average molecular weight is 385 g/mol. The number of hydrogen-bond acceptors (Lipinski definition) is 5. The van der Waals surface area contributed by atoms with Gasteiger partial charge in [-0.05, 0) is 56.0 Å². The van der Waals surface area contributed by atoms with Crippen LogP contribution >= 0.6 is 11.9 Å². The maximum atomic E-state index is 5.57. The van der Waals surface area contributed by atoms with Gasteiger partial charge in [0.25, 0.3) is 0 Å². The van der Waals surface area contributed by atoms with Crippen molar-refractivity contribution < 1.29 is 4.74 Å². The molecule has 0 bridgehead atoms. The van der Waals surface area contributed by atoms with Crippen LogP contribution in [0.2, 0.25) is 0 Å². The third-order valence-corrected chi connectivity index (χ3v) is 5.47. The number of pyridine rings is 1. The van der Waals surface area contributed by atoms with E-state index in [1.807, 2.05) is 32.3 Å². The SMILES string of the molecule is CCCC(COCC)NSc1ccc(Cn2c(C)nc3cnccc32)cc1. The van der Waals surface area contributed by atoms with E-state index in [9.17, 15) is 0 Å². The number of nitrogens with zero attached hydrogens (tertiary/aromatic N) is 3. The lowest BCUT2D eigenvalue weighted by Gasteiger charge is -2.17. The van der Waals surface area contributed by atoms with E-state index in [1.54, 1.807) is 11.9 Å². The molecule has 1 unspecified atom stereocenters. The van der Waals surface area contributed by atoms with Crippen LogP contribution in [0.15, 0.2) is 47.6 Å². The van der Waals surface area contributed by atoms with Gasteiger partial charge in [0, 0.05) is 30.3 Å². The van der Waals surface area contributed by atoms with Crippen molar-refractivity contribution in [2.45, 2.75) is 51.1 Å². The van der Waals surface area contributed by atoms with E-state index < -0.39 is 0 Å². The minimum Gasteiger partial charge on any atom is -0.380 e. The topological polar surface area (TPSA) is 52.0 Å². The molecule has 0 fully saturated rings. The molecule has 1 aromatic carbocycles.